The number of hydrogen-bond acceptors (Lipinski definition) is 8. The quantitative estimate of drug-likeness (QED) is 0.0725. The van der Waals surface area contributed by atoms with Crippen molar-refractivity contribution in [3.63, 3.8) is 0 Å². The first-order valence-electron chi connectivity index (χ1n) is 17.2. The molecule has 1 fully saturated rings. The first-order chi connectivity index (χ1) is 24.7. The maximum absolute atomic E-state index is 12.4. The lowest BCUT2D eigenvalue weighted by Gasteiger charge is -2.41. The number of rotatable bonds is 16. The van der Waals surface area contributed by atoms with Gasteiger partial charge in [0.05, 0.1) is 24.4 Å². The maximum Gasteiger partial charge on any atom is 0.338 e. The Bertz CT molecular complexity index is 1770. The van der Waals surface area contributed by atoms with Gasteiger partial charge in [0.15, 0.2) is 6.29 Å². The zero-order valence-corrected chi connectivity index (χ0v) is 29.7. The Labute approximate surface area is 303 Å². The lowest BCUT2D eigenvalue weighted by molar-refractivity contribution is -0.268. The van der Waals surface area contributed by atoms with Crippen molar-refractivity contribution in [2.24, 2.45) is 5.92 Å². The van der Waals surface area contributed by atoms with Crippen LogP contribution in [0.1, 0.15) is 84.5 Å². The first kappa shape index (κ1) is 37.7. The molecule has 5 rings (SSSR count). The number of pyridine rings is 1. The van der Waals surface area contributed by atoms with Gasteiger partial charge in [-0.25, -0.2) is 9.78 Å². The van der Waals surface area contributed by atoms with E-state index in [1.807, 2.05) is 66.7 Å². The minimum atomic E-state index is -1.02. The molecule has 0 radical (unpaired) electrons. The van der Waals surface area contributed by atoms with Gasteiger partial charge in [0, 0.05) is 49.9 Å². The van der Waals surface area contributed by atoms with E-state index >= 15 is 0 Å². The molecule has 0 unspecified atom stereocenters. The number of hydrogen-bond donors (Lipinski definition) is 4. The van der Waals surface area contributed by atoms with Gasteiger partial charge in [-0.2, -0.15) is 0 Å². The van der Waals surface area contributed by atoms with Gasteiger partial charge in [-0.1, -0.05) is 80.1 Å². The van der Waals surface area contributed by atoms with Crippen LogP contribution < -0.4 is 10.6 Å². The van der Waals surface area contributed by atoms with Crippen molar-refractivity contribution < 1.29 is 34.1 Å². The van der Waals surface area contributed by atoms with Crippen LogP contribution in [0.15, 0.2) is 96.2 Å². The third-order valence-electron chi connectivity index (χ3n) is 8.90. The van der Waals surface area contributed by atoms with Crippen LogP contribution in [0.3, 0.4) is 0 Å². The molecular weight excluding hydrogens is 667 g/mol. The van der Waals surface area contributed by atoms with Crippen LogP contribution in [0.25, 0.3) is 11.1 Å². The number of carbonyl (C=O) groups excluding carboxylic acids is 2. The minimum Gasteiger partial charge on any atom is -0.478 e. The summed E-state index contributed by atoms with van der Waals surface area (Å²) in [7, 11) is 0. The van der Waals surface area contributed by atoms with Crippen LogP contribution >= 0.6 is 11.8 Å². The molecule has 10 nitrogen and oxygen atoms in total. The molecule has 268 valence electrons. The fraction of sp³-hybridized carbons (Fsp3) is 0.350. The van der Waals surface area contributed by atoms with Gasteiger partial charge >= 0.3 is 5.97 Å². The largest absolute Gasteiger partial charge is 0.478 e. The number of benzene rings is 3. The zero-order valence-electron chi connectivity index (χ0n) is 28.9. The van der Waals surface area contributed by atoms with E-state index in [0.29, 0.717) is 30.3 Å². The number of amides is 2. The summed E-state index contributed by atoms with van der Waals surface area (Å²) in [6.45, 7) is 4.59. The molecule has 3 aromatic carbocycles. The normalized spacial score (nSPS) is 18.6. The van der Waals surface area contributed by atoms with Crippen molar-refractivity contribution in [1.29, 1.82) is 0 Å². The first-order valence-corrected chi connectivity index (χ1v) is 18.2. The third-order valence-corrected chi connectivity index (χ3v) is 9.99. The van der Waals surface area contributed by atoms with E-state index in [4.69, 9.17) is 9.47 Å². The number of aromatic nitrogens is 1. The summed E-state index contributed by atoms with van der Waals surface area (Å²) in [6, 6.07) is 27.0. The van der Waals surface area contributed by atoms with E-state index in [0.717, 1.165) is 52.6 Å². The molecule has 4 N–H and O–H groups in total. The SMILES string of the molecule is CC(=O)NCCCCCC(=O)NCc1cccc(-c2ccc([C@@H]3O[C@H](CSc4ncccc4C(=O)O)[C@H](C)[C@H](c4ccc(CO)cc4)O3)cc2)c1. The van der Waals surface area contributed by atoms with E-state index in [9.17, 15) is 24.6 Å². The molecule has 0 bridgehead atoms. The van der Waals surface area contributed by atoms with Gasteiger partial charge < -0.3 is 30.3 Å². The smallest absolute Gasteiger partial charge is 0.338 e. The number of aliphatic hydroxyl groups excluding tert-OH is 1. The van der Waals surface area contributed by atoms with Crippen LogP contribution in [0.4, 0.5) is 0 Å². The zero-order chi connectivity index (χ0) is 36.2. The molecule has 4 aromatic rings. The highest BCUT2D eigenvalue weighted by atomic mass is 32.2. The molecule has 0 aliphatic carbocycles. The van der Waals surface area contributed by atoms with E-state index in [2.05, 4.69) is 28.6 Å². The average molecular weight is 712 g/mol. The van der Waals surface area contributed by atoms with Crippen LogP contribution in [-0.4, -0.2) is 51.4 Å². The predicted octanol–water partition coefficient (Wildman–Crippen LogP) is 6.84. The van der Waals surface area contributed by atoms with E-state index in [-0.39, 0.29) is 42.1 Å². The Balaban J connectivity index is 1.25. The maximum atomic E-state index is 12.4. The lowest BCUT2D eigenvalue weighted by atomic mass is 9.91. The third kappa shape index (κ3) is 10.7. The number of unbranched alkanes of at least 4 members (excludes halogenated alkanes) is 2. The van der Waals surface area contributed by atoms with Crippen molar-refractivity contribution in [2.75, 3.05) is 12.3 Å². The molecule has 11 heteroatoms. The van der Waals surface area contributed by atoms with Gasteiger partial charge in [0.1, 0.15) is 5.03 Å². The second-order valence-corrected chi connectivity index (χ2v) is 13.7. The molecule has 1 saturated heterocycles. The number of ether oxygens (including phenoxy) is 2. The molecular formula is C40H45N3O7S. The number of nitrogens with zero attached hydrogens (tertiary/aromatic N) is 1. The summed E-state index contributed by atoms with van der Waals surface area (Å²) in [5.41, 5.74) is 5.81. The molecule has 51 heavy (non-hydrogen) atoms. The van der Waals surface area contributed by atoms with E-state index in [1.54, 1.807) is 18.3 Å². The highest BCUT2D eigenvalue weighted by Gasteiger charge is 2.38. The Hall–Kier alpha value is -4.55. The Kier molecular flexibility index (Phi) is 13.8. The van der Waals surface area contributed by atoms with Crippen LogP contribution in [0, 0.1) is 5.92 Å². The number of nitrogens with one attached hydrogen (secondary N) is 2. The summed E-state index contributed by atoms with van der Waals surface area (Å²) in [5, 5.41) is 25.4. The van der Waals surface area contributed by atoms with Crippen molar-refractivity contribution in [1.82, 2.24) is 15.6 Å². The van der Waals surface area contributed by atoms with Crippen molar-refractivity contribution in [3.8, 4) is 11.1 Å². The summed E-state index contributed by atoms with van der Waals surface area (Å²) in [5.74, 6) is -0.644. The van der Waals surface area contributed by atoms with E-state index < -0.39 is 12.3 Å². The molecule has 1 aliphatic rings. The molecule has 2 heterocycles. The number of aromatic carboxylic acids is 1. The topological polar surface area (TPSA) is 147 Å². The molecule has 4 atom stereocenters. The number of carbonyl (C=O) groups is 3. The van der Waals surface area contributed by atoms with Crippen LogP contribution in [-0.2, 0) is 32.2 Å². The highest BCUT2D eigenvalue weighted by molar-refractivity contribution is 7.99. The Morgan fingerprint density at radius 1 is 0.843 bits per heavy atom. The monoisotopic (exact) mass is 711 g/mol. The fourth-order valence-corrected chi connectivity index (χ4v) is 7.12. The molecule has 1 aromatic heterocycles. The number of carboxylic acid groups (broad SMARTS) is 1. The highest BCUT2D eigenvalue weighted by Crippen LogP contribution is 2.43. The van der Waals surface area contributed by atoms with E-state index in [1.165, 1.54) is 18.7 Å². The second-order valence-electron chi connectivity index (χ2n) is 12.7. The van der Waals surface area contributed by atoms with Crippen LogP contribution in [0.2, 0.25) is 0 Å². The average Bonchev–Trinajstić information content (AvgIpc) is 3.15. The second kappa shape index (κ2) is 18.6. The summed E-state index contributed by atoms with van der Waals surface area (Å²) >= 11 is 1.36. The standard InChI is InChI=1S/C40H45N3O7S/c1-26-35(25-51-38-34(39(47)48)10-7-21-42-38)49-40(50-37(26)31-14-12-28(24-44)13-15-31)32-18-16-30(17-19-32)33-9-6-8-29(22-33)23-43-36(46)11-4-3-5-20-41-27(2)45/h6-10,12-19,21-22,26,35,37,40,44H,3-5,11,20,23-25H2,1-2H3,(H,41,45)(H,43,46)(H,47,48)/t26-,35+,37+,40+/m0/s1. The summed E-state index contributed by atoms with van der Waals surface area (Å²) in [6.07, 6.45) is 3.29. The predicted molar refractivity (Wildman–Crippen MR) is 196 cm³/mol. The minimum absolute atomic E-state index is 0.00721. The van der Waals surface area contributed by atoms with Gasteiger partial charge in [0.25, 0.3) is 0 Å². The van der Waals surface area contributed by atoms with Gasteiger partial charge in [-0.15, -0.1) is 11.8 Å². The Morgan fingerprint density at radius 3 is 2.33 bits per heavy atom. The Morgan fingerprint density at radius 2 is 1.61 bits per heavy atom. The van der Waals surface area contributed by atoms with Gasteiger partial charge in [-0.05, 0) is 58.9 Å². The fourth-order valence-electron chi connectivity index (χ4n) is 5.97. The number of thioether (sulfide) groups is 1. The van der Waals surface area contributed by atoms with Crippen LogP contribution in [0.5, 0.6) is 0 Å². The van der Waals surface area contributed by atoms with Crippen molar-refractivity contribution >= 4 is 29.5 Å². The molecule has 2 amide bonds. The van der Waals surface area contributed by atoms with Gasteiger partial charge in [-0.3, -0.25) is 9.59 Å². The lowest BCUT2D eigenvalue weighted by Crippen LogP contribution is -2.38. The summed E-state index contributed by atoms with van der Waals surface area (Å²) in [4.78, 5) is 39.5. The summed E-state index contributed by atoms with van der Waals surface area (Å²) < 4.78 is 13.2. The molecule has 0 saturated carbocycles. The van der Waals surface area contributed by atoms with Crippen molar-refractivity contribution in [2.45, 2.75) is 76.2 Å². The van der Waals surface area contributed by atoms with Crippen molar-refractivity contribution in [3.05, 3.63) is 119 Å². The number of aliphatic hydroxyl groups is 1. The molecule has 0 spiro atoms. The molecule has 1 aliphatic heterocycles. The van der Waals surface area contributed by atoms with Gasteiger partial charge in [0.2, 0.25) is 11.8 Å². The number of carboxylic acids is 1.